The highest BCUT2D eigenvalue weighted by atomic mass is 19.4. The van der Waals surface area contributed by atoms with E-state index in [-0.39, 0.29) is 0 Å². The van der Waals surface area contributed by atoms with Crippen molar-refractivity contribution in [2.75, 3.05) is 7.11 Å². The Bertz CT molecular complexity index is 515. The quantitative estimate of drug-likeness (QED) is 0.754. The summed E-state index contributed by atoms with van der Waals surface area (Å²) in [6.45, 7) is 0. The van der Waals surface area contributed by atoms with Crippen molar-refractivity contribution in [1.82, 2.24) is 0 Å². The summed E-state index contributed by atoms with van der Waals surface area (Å²) in [6, 6.07) is 3.13. The Morgan fingerprint density at radius 2 is 2.19 bits per heavy atom. The molecular weight excluding hydrogens is 221 g/mol. The lowest BCUT2D eigenvalue weighted by atomic mass is 10.1. The van der Waals surface area contributed by atoms with Crippen molar-refractivity contribution in [1.29, 1.82) is 0 Å². The minimum Gasteiger partial charge on any atom is -0.469 e. The van der Waals surface area contributed by atoms with Gasteiger partial charge in [0.2, 0.25) is 0 Å². The van der Waals surface area contributed by atoms with Crippen LogP contribution in [0.3, 0.4) is 0 Å². The van der Waals surface area contributed by atoms with E-state index < -0.39 is 36.0 Å². The Balaban J connectivity index is 3.32. The normalized spacial score (nSPS) is 16.8. The minimum atomic E-state index is -4.69. The number of ether oxygens (including phenoxy) is 1. The minimum absolute atomic E-state index is 0.473. The molecule has 0 fully saturated rings. The van der Waals surface area contributed by atoms with Gasteiger partial charge in [-0.3, -0.25) is 4.79 Å². The topological polar surface area (TPSA) is 26.3 Å². The van der Waals surface area contributed by atoms with Crippen LogP contribution in [0.4, 0.5) is 13.2 Å². The zero-order valence-corrected chi connectivity index (χ0v) is 8.26. The van der Waals surface area contributed by atoms with E-state index in [4.69, 9.17) is 5.48 Å². The highest BCUT2D eigenvalue weighted by Crippen LogP contribution is 2.29. The molecular formula is C11H11F3O2. The number of hydrogen-bond acceptors (Lipinski definition) is 2. The van der Waals surface area contributed by atoms with Crippen molar-refractivity contribution in [3.8, 4) is 0 Å². The van der Waals surface area contributed by atoms with Crippen molar-refractivity contribution in [3.63, 3.8) is 0 Å². The lowest BCUT2D eigenvalue weighted by molar-refractivity contribution is -0.140. The fourth-order valence-corrected chi connectivity index (χ4v) is 0.948. The van der Waals surface area contributed by atoms with Gasteiger partial charge in [0.15, 0.2) is 0 Å². The van der Waals surface area contributed by atoms with Crippen LogP contribution in [0.25, 0.3) is 0 Å². The summed E-state index contributed by atoms with van der Waals surface area (Å²) in [5.41, 5.74) is -1.72. The molecule has 16 heavy (non-hydrogen) atoms. The Morgan fingerprint density at radius 3 is 2.75 bits per heavy atom. The van der Waals surface area contributed by atoms with Crippen LogP contribution in [-0.4, -0.2) is 13.1 Å². The van der Waals surface area contributed by atoms with Gasteiger partial charge in [-0.05, 0) is 18.0 Å². The molecule has 0 aliphatic carbocycles. The van der Waals surface area contributed by atoms with Crippen LogP contribution in [0.15, 0.2) is 24.3 Å². The second-order valence-electron chi connectivity index (χ2n) is 2.82. The zero-order valence-electron chi connectivity index (χ0n) is 12.3. The summed E-state index contributed by atoms with van der Waals surface area (Å²) in [5, 5.41) is 0. The van der Waals surface area contributed by atoms with Gasteiger partial charge in [0, 0.05) is 11.9 Å². The Kier molecular flexibility index (Phi) is 2.41. The summed E-state index contributed by atoms with van der Waals surface area (Å²) >= 11 is 0. The number of rotatable bonds is 3. The van der Waals surface area contributed by atoms with Crippen LogP contribution in [0.5, 0.6) is 0 Å². The molecule has 0 aliphatic rings. The SMILES string of the molecule is [2H]C([2H])(C(=O)OC)C([2H])([2H])c1cccc(C(F)(F)F)c1. The first-order valence-electron chi connectivity index (χ1n) is 6.20. The second-order valence-corrected chi connectivity index (χ2v) is 2.82. The van der Waals surface area contributed by atoms with Crippen LogP contribution >= 0.6 is 0 Å². The van der Waals surface area contributed by atoms with Crippen LogP contribution in [-0.2, 0) is 22.1 Å². The molecule has 0 N–H and O–H groups in total. The largest absolute Gasteiger partial charge is 0.469 e. The Labute approximate surface area is 96.6 Å². The third-order valence-electron chi connectivity index (χ3n) is 1.68. The molecule has 2 nitrogen and oxygen atoms in total. The average molecular weight is 236 g/mol. The highest BCUT2D eigenvalue weighted by molar-refractivity contribution is 5.69. The molecule has 0 aliphatic heterocycles. The predicted octanol–water partition coefficient (Wildman–Crippen LogP) is 2.81. The third kappa shape index (κ3) is 3.56. The van der Waals surface area contributed by atoms with Crippen molar-refractivity contribution in [3.05, 3.63) is 35.4 Å². The van der Waals surface area contributed by atoms with Crippen molar-refractivity contribution >= 4 is 5.97 Å². The maximum Gasteiger partial charge on any atom is 0.416 e. The molecule has 0 bridgehead atoms. The number of hydrogen-bond donors (Lipinski definition) is 0. The average Bonchev–Trinajstić information content (AvgIpc) is 2.36. The summed E-state index contributed by atoms with van der Waals surface area (Å²) in [6.07, 6.45) is -10.8. The number of halogens is 3. The van der Waals surface area contributed by atoms with Gasteiger partial charge in [0.1, 0.15) is 0 Å². The van der Waals surface area contributed by atoms with Gasteiger partial charge < -0.3 is 4.74 Å². The molecule has 1 rings (SSSR count). The van der Waals surface area contributed by atoms with Crippen LogP contribution < -0.4 is 0 Å². The van der Waals surface area contributed by atoms with E-state index in [0.29, 0.717) is 6.07 Å². The zero-order chi connectivity index (χ0) is 15.8. The molecule has 5 heteroatoms. The Hall–Kier alpha value is -1.52. The maximum absolute atomic E-state index is 12.6. The van der Waals surface area contributed by atoms with Gasteiger partial charge in [-0.25, -0.2) is 0 Å². The molecule has 0 amide bonds. The maximum atomic E-state index is 12.6. The standard InChI is InChI=1S/C11H11F3O2/c1-16-10(15)6-5-8-3-2-4-9(7-8)11(12,13)14/h2-4,7H,5-6H2,1H3/i5D2,6D2. The number of alkyl halides is 3. The van der Waals surface area contributed by atoms with E-state index in [0.717, 1.165) is 25.3 Å². The lowest BCUT2D eigenvalue weighted by Gasteiger charge is -2.08. The predicted molar refractivity (Wildman–Crippen MR) is 51.8 cm³/mol. The first kappa shape index (κ1) is 7.70. The molecule has 0 atom stereocenters. The van der Waals surface area contributed by atoms with Crippen molar-refractivity contribution in [2.24, 2.45) is 0 Å². The molecule has 0 spiro atoms. The fraction of sp³-hybridized carbons (Fsp3) is 0.364. The van der Waals surface area contributed by atoms with E-state index in [2.05, 4.69) is 4.74 Å². The number of benzene rings is 1. The molecule has 88 valence electrons. The van der Waals surface area contributed by atoms with Crippen molar-refractivity contribution in [2.45, 2.75) is 18.9 Å². The van der Waals surface area contributed by atoms with Crippen LogP contribution in [0.2, 0.25) is 0 Å². The molecule has 0 unspecified atom stereocenters. The molecule has 0 radical (unpaired) electrons. The van der Waals surface area contributed by atoms with E-state index in [1.54, 1.807) is 0 Å². The lowest BCUT2D eigenvalue weighted by Crippen LogP contribution is -2.06. The monoisotopic (exact) mass is 236 g/mol. The number of carbonyl (C=O) groups excluding carboxylic acids is 1. The number of carbonyl (C=O) groups is 1. The molecule has 0 saturated heterocycles. The van der Waals surface area contributed by atoms with Gasteiger partial charge >= 0.3 is 12.1 Å². The van der Waals surface area contributed by atoms with Crippen molar-refractivity contribution < 1.29 is 28.2 Å². The van der Waals surface area contributed by atoms with E-state index >= 15 is 0 Å². The van der Waals surface area contributed by atoms with Crippen LogP contribution in [0, 0.1) is 0 Å². The number of methoxy groups -OCH3 is 1. The summed E-state index contributed by atoms with van der Waals surface area (Å²) in [4.78, 5) is 11.3. The number of aryl methyl sites for hydroxylation is 1. The van der Waals surface area contributed by atoms with E-state index in [1.165, 1.54) is 0 Å². The number of esters is 1. The first-order valence-corrected chi connectivity index (χ1v) is 4.20. The Morgan fingerprint density at radius 1 is 1.50 bits per heavy atom. The fourth-order valence-electron chi connectivity index (χ4n) is 0.948. The van der Waals surface area contributed by atoms with Gasteiger partial charge in [0.25, 0.3) is 0 Å². The summed E-state index contributed by atoms with van der Waals surface area (Å²) in [7, 11) is 0.863. The van der Waals surface area contributed by atoms with Gasteiger partial charge in [0.05, 0.1) is 12.7 Å². The molecule has 0 aromatic heterocycles. The third-order valence-corrected chi connectivity index (χ3v) is 1.68. The van der Waals surface area contributed by atoms with Crippen LogP contribution in [0.1, 0.15) is 23.0 Å². The molecule has 1 aromatic carbocycles. The van der Waals surface area contributed by atoms with Gasteiger partial charge in [-0.2, -0.15) is 13.2 Å². The molecule has 0 heterocycles. The molecule has 1 aromatic rings. The van der Waals surface area contributed by atoms with Gasteiger partial charge in [-0.1, -0.05) is 18.2 Å². The first-order chi connectivity index (χ1) is 8.94. The second kappa shape index (κ2) is 5.01. The smallest absolute Gasteiger partial charge is 0.416 e. The van der Waals surface area contributed by atoms with E-state index in [9.17, 15) is 18.0 Å². The van der Waals surface area contributed by atoms with E-state index in [1.807, 2.05) is 0 Å². The molecule has 0 saturated carbocycles. The summed E-state index contributed by atoms with van der Waals surface area (Å²) in [5.74, 6) is -1.50. The van der Waals surface area contributed by atoms with Gasteiger partial charge in [-0.15, -0.1) is 0 Å². The highest BCUT2D eigenvalue weighted by Gasteiger charge is 2.30. The summed E-state index contributed by atoms with van der Waals surface area (Å²) < 4.78 is 72.0.